The Labute approximate surface area is 162 Å². The van der Waals surface area contributed by atoms with Crippen LogP contribution in [0.5, 0.6) is 5.75 Å². The molecule has 2 heterocycles. The Morgan fingerprint density at radius 3 is 2.59 bits per heavy atom. The third kappa shape index (κ3) is 4.18. The quantitative estimate of drug-likeness (QED) is 0.448. The van der Waals surface area contributed by atoms with Crippen LogP contribution in [0.1, 0.15) is 5.56 Å². The van der Waals surface area contributed by atoms with Gasteiger partial charge in [-0.1, -0.05) is 18.2 Å². The zero-order valence-electron chi connectivity index (χ0n) is 13.6. The van der Waals surface area contributed by atoms with Gasteiger partial charge in [-0.2, -0.15) is 3.21 Å². The van der Waals surface area contributed by atoms with Crippen molar-refractivity contribution in [1.29, 1.82) is 0 Å². The molecule has 27 heavy (non-hydrogen) atoms. The number of aromatic amines is 1. The van der Waals surface area contributed by atoms with Crippen molar-refractivity contribution in [3.63, 3.8) is 0 Å². The Kier molecular flexibility index (Phi) is 4.68. The SMILES string of the molecule is FC(F)(F)Oc1ccc(NC2=NI=NC(c3c[nH]c4ccccc34)=C2)cc1. The van der Waals surface area contributed by atoms with Gasteiger partial charge in [-0.15, -0.1) is 13.2 Å². The number of amidine groups is 1. The normalized spacial score (nSPS) is 14.3. The highest BCUT2D eigenvalue weighted by atomic mass is 127. The topological polar surface area (TPSA) is 61.8 Å². The van der Waals surface area contributed by atoms with Gasteiger partial charge in [-0.25, -0.2) is 3.15 Å². The number of alkyl halides is 3. The Balaban J connectivity index is 1.53. The van der Waals surface area contributed by atoms with E-state index < -0.39 is 27.7 Å². The fraction of sp³-hybridized carbons (Fsp3) is 0.0556. The van der Waals surface area contributed by atoms with Crippen LogP contribution >= 0.6 is 21.3 Å². The molecule has 4 rings (SSSR count). The fourth-order valence-electron chi connectivity index (χ4n) is 2.63. The standard InChI is InChI=1S/C18H12F3IN4O/c19-18(20,21)27-12-7-5-11(6-8-12)24-17-9-16(25-22-26-17)14-10-23-15-4-2-1-3-13(14)15/h1-10,23H,(H,24,25,26). The predicted octanol–water partition coefficient (Wildman–Crippen LogP) is 6.00. The van der Waals surface area contributed by atoms with Gasteiger partial charge < -0.3 is 15.0 Å². The van der Waals surface area contributed by atoms with Crippen LogP contribution in [0.4, 0.5) is 18.9 Å². The van der Waals surface area contributed by atoms with Crippen LogP contribution < -0.4 is 10.1 Å². The second kappa shape index (κ2) is 7.14. The summed E-state index contributed by atoms with van der Waals surface area (Å²) in [6.07, 6.45) is -0.958. The van der Waals surface area contributed by atoms with Crippen LogP contribution in [0, 0.1) is 0 Å². The number of hydrogen-bond acceptors (Lipinski definition) is 4. The third-order valence-corrected chi connectivity index (χ3v) is 5.23. The molecule has 0 aliphatic carbocycles. The largest absolute Gasteiger partial charge is 0.573 e. The maximum Gasteiger partial charge on any atom is 0.573 e. The molecule has 2 N–H and O–H groups in total. The summed E-state index contributed by atoms with van der Waals surface area (Å²) in [6, 6.07) is 13.5. The molecular weight excluding hydrogens is 472 g/mol. The highest BCUT2D eigenvalue weighted by Gasteiger charge is 2.30. The molecule has 0 spiro atoms. The molecule has 0 radical (unpaired) electrons. The maximum absolute atomic E-state index is 12.2. The van der Waals surface area contributed by atoms with Gasteiger partial charge in [0, 0.05) is 34.4 Å². The molecule has 0 saturated heterocycles. The van der Waals surface area contributed by atoms with Gasteiger partial charge in [0.2, 0.25) is 0 Å². The lowest BCUT2D eigenvalue weighted by Crippen LogP contribution is -2.17. The molecule has 138 valence electrons. The molecule has 3 aromatic rings. The number of para-hydroxylation sites is 1. The van der Waals surface area contributed by atoms with Crippen molar-refractivity contribution >= 4 is 49.4 Å². The number of rotatable bonds is 3. The fourth-order valence-corrected chi connectivity index (χ4v) is 3.86. The minimum atomic E-state index is -4.70. The number of aromatic nitrogens is 1. The van der Waals surface area contributed by atoms with E-state index >= 15 is 0 Å². The van der Waals surface area contributed by atoms with Crippen LogP contribution in [-0.2, 0) is 0 Å². The first kappa shape index (κ1) is 17.7. The third-order valence-electron chi connectivity index (χ3n) is 3.76. The summed E-state index contributed by atoms with van der Waals surface area (Å²) in [5.41, 5.74) is 3.46. The molecule has 9 heteroatoms. The smallest absolute Gasteiger partial charge is 0.406 e. The van der Waals surface area contributed by atoms with Crippen molar-refractivity contribution < 1.29 is 17.9 Å². The molecule has 0 amide bonds. The molecule has 0 atom stereocenters. The van der Waals surface area contributed by atoms with E-state index in [-0.39, 0.29) is 5.75 Å². The van der Waals surface area contributed by atoms with E-state index in [4.69, 9.17) is 0 Å². The number of benzene rings is 2. The highest BCUT2D eigenvalue weighted by Crippen LogP contribution is 2.31. The monoisotopic (exact) mass is 484 g/mol. The number of ether oxygens (including phenoxy) is 1. The van der Waals surface area contributed by atoms with E-state index in [9.17, 15) is 13.2 Å². The second-order valence-electron chi connectivity index (χ2n) is 5.60. The van der Waals surface area contributed by atoms with Crippen molar-refractivity contribution in [3.05, 3.63) is 66.4 Å². The molecular formula is C18H12F3IN4O. The number of nitrogens with zero attached hydrogens (tertiary/aromatic N) is 2. The molecule has 5 nitrogen and oxygen atoms in total. The van der Waals surface area contributed by atoms with Gasteiger partial charge in [-0.05, 0) is 30.3 Å². The van der Waals surface area contributed by atoms with Gasteiger partial charge in [0.15, 0.2) is 0 Å². The molecule has 2 aromatic carbocycles. The van der Waals surface area contributed by atoms with Crippen molar-refractivity contribution in [2.24, 2.45) is 6.35 Å². The van der Waals surface area contributed by atoms with Gasteiger partial charge in [0.1, 0.15) is 32.9 Å². The summed E-state index contributed by atoms with van der Waals surface area (Å²) in [5, 5.41) is 4.18. The van der Waals surface area contributed by atoms with E-state index in [2.05, 4.69) is 21.4 Å². The van der Waals surface area contributed by atoms with Gasteiger partial charge >= 0.3 is 6.36 Å². The molecule has 0 unspecified atom stereocenters. The maximum atomic E-state index is 12.2. The number of anilines is 1. The Morgan fingerprint density at radius 1 is 1.04 bits per heavy atom. The van der Waals surface area contributed by atoms with E-state index in [0.29, 0.717) is 11.5 Å². The second-order valence-corrected chi connectivity index (χ2v) is 7.00. The van der Waals surface area contributed by atoms with Gasteiger partial charge in [0.25, 0.3) is 0 Å². The van der Waals surface area contributed by atoms with Crippen molar-refractivity contribution in [1.82, 2.24) is 4.98 Å². The lowest BCUT2D eigenvalue weighted by Gasteiger charge is -2.11. The number of nitrogens with one attached hydrogen (secondary N) is 2. The summed E-state index contributed by atoms with van der Waals surface area (Å²) >= 11 is -0.758. The van der Waals surface area contributed by atoms with Crippen LogP contribution in [0.2, 0.25) is 0 Å². The minimum Gasteiger partial charge on any atom is -0.406 e. The average Bonchev–Trinajstić information content (AvgIpc) is 3.07. The first-order valence-corrected chi connectivity index (χ1v) is 9.74. The summed E-state index contributed by atoms with van der Waals surface area (Å²) < 4.78 is 49.5. The zero-order valence-corrected chi connectivity index (χ0v) is 15.7. The molecule has 1 aliphatic rings. The Hall–Kier alpha value is -2.69. The van der Waals surface area contributed by atoms with Crippen LogP contribution in [0.25, 0.3) is 16.6 Å². The van der Waals surface area contributed by atoms with E-state index in [1.54, 1.807) is 0 Å². The van der Waals surface area contributed by atoms with Crippen LogP contribution in [0.3, 0.4) is 0 Å². The lowest BCUT2D eigenvalue weighted by atomic mass is 10.1. The zero-order chi connectivity index (χ0) is 18.9. The Bertz CT molecular complexity index is 1070. The Morgan fingerprint density at radius 2 is 1.81 bits per heavy atom. The number of halogens is 4. The average molecular weight is 484 g/mol. The highest BCUT2D eigenvalue weighted by molar-refractivity contribution is 14.1. The first-order chi connectivity index (χ1) is 13.0. The van der Waals surface area contributed by atoms with Gasteiger partial charge in [-0.3, -0.25) is 0 Å². The van der Waals surface area contributed by atoms with E-state index in [1.165, 1.54) is 24.3 Å². The number of fused-ring (bicyclic) bond motifs is 1. The first-order valence-electron chi connectivity index (χ1n) is 7.81. The molecule has 1 aromatic heterocycles. The van der Waals surface area contributed by atoms with Gasteiger partial charge in [0.05, 0.1) is 5.70 Å². The minimum absolute atomic E-state index is 0.268. The van der Waals surface area contributed by atoms with E-state index in [0.717, 1.165) is 22.2 Å². The van der Waals surface area contributed by atoms with Crippen molar-refractivity contribution in [3.8, 4) is 5.75 Å². The molecule has 0 fully saturated rings. The van der Waals surface area contributed by atoms with E-state index in [1.807, 2.05) is 36.5 Å². The summed E-state index contributed by atoms with van der Waals surface area (Å²) in [5.74, 6) is 0.360. The predicted molar refractivity (Wildman–Crippen MR) is 107 cm³/mol. The van der Waals surface area contributed by atoms with Crippen LogP contribution in [0.15, 0.2) is 67.2 Å². The molecule has 1 aliphatic heterocycles. The van der Waals surface area contributed by atoms with Crippen molar-refractivity contribution in [2.45, 2.75) is 6.36 Å². The lowest BCUT2D eigenvalue weighted by molar-refractivity contribution is -0.274. The molecule has 0 saturated carbocycles. The summed E-state index contributed by atoms with van der Waals surface area (Å²) in [4.78, 5) is 3.22. The van der Waals surface area contributed by atoms with Crippen LogP contribution in [-0.4, -0.2) is 17.2 Å². The summed E-state index contributed by atoms with van der Waals surface area (Å²) in [6.45, 7) is 0. The van der Waals surface area contributed by atoms with Crippen molar-refractivity contribution in [2.75, 3.05) is 5.32 Å². The number of H-pyrrole nitrogens is 1. The molecule has 0 bridgehead atoms. The number of hydrogen-bond donors (Lipinski definition) is 2. The summed E-state index contributed by atoms with van der Waals surface area (Å²) in [7, 11) is 0.